The van der Waals surface area contributed by atoms with Crippen LogP contribution >= 0.6 is 11.8 Å². The molecule has 3 nitrogen and oxygen atoms in total. The van der Waals surface area contributed by atoms with Crippen molar-refractivity contribution >= 4 is 34.2 Å². The average molecular weight is 397 g/mol. The third-order valence-electron chi connectivity index (χ3n) is 5.36. The lowest BCUT2D eigenvalue weighted by molar-refractivity contribution is -0.00000514. The van der Waals surface area contributed by atoms with E-state index in [1.54, 1.807) is 0 Å². The van der Waals surface area contributed by atoms with Gasteiger partial charge >= 0.3 is 0 Å². The lowest BCUT2D eigenvalue weighted by Crippen LogP contribution is -3.00. The fraction of sp³-hybridized carbons (Fsp3) is 0.318. The Morgan fingerprint density at radius 1 is 0.889 bits per heavy atom. The summed E-state index contributed by atoms with van der Waals surface area (Å²) in [5.41, 5.74) is 2.38. The topological polar surface area (TPSA) is 19.4 Å². The van der Waals surface area contributed by atoms with Crippen LogP contribution in [0.2, 0.25) is 0 Å². The molecule has 140 valence electrons. The molecule has 0 aliphatic carbocycles. The van der Waals surface area contributed by atoms with Crippen molar-refractivity contribution in [3.05, 3.63) is 54.6 Å². The maximum atomic E-state index is 5.04. The van der Waals surface area contributed by atoms with Gasteiger partial charge in [-0.25, -0.2) is 4.98 Å². The molecule has 2 aliphatic heterocycles. The van der Waals surface area contributed by atoms with E-state index in [1.807, 2.05) is 11.8 Å². The summed E-state index contributed by atoms with van der Waals surface area (Å²) < 4.78 is 0. The Labute approximate surface area is 171 Å². The van der Waals surface area contributed by atoms with Gasteiger partial charge in [0.2, 0.25) is 0 Å². The number of pyridine rings is 1. The van der Waals surface area contributed by atoms with Crippen LogP contribution in [0, 0.1) is 0 Å². The summed E-state index contributed by atoms with van der Waals surface area (Å²) in [4.78, 5) is 12.7. The molecule has 1 fully saturated rings. The first-order chi connectivity index (χ1) is 12.9. The zero-order chi connectivity index (χ0) is 17.3. The molecule has 1 aromatic heterocycles. The molecule has 3 aromatic rings. The van der Waals surface area contributed by atoms with Crippen LogP contribution in [-0.2, 0) is 0 Å². The highest BCUT2D eigenvalue weighted by Gasteiger charge is 2.25. The van der Waals surface area contributed by atoms with Gasteiger partial charge in [-0.3, -0.25) is 0 Å². The highest BCUT2D eigenvalue weighted by atomic mass is 35.5. The molecule has 2 aliphatic rings. The molecule has 2 aromatic carbocycles. The molecule has 0 amide bonds. The molecule has 0 unspecified atom stereocenters. The van der Waals surface area contributed by atoms with Crippen molar-refractivity contribution in [2.24, 2.45) is 0 Å². The van der Waals surface area contributed by atoms with E-state index in [9.17, 15) is 0 Å². The lowest BCUT2D eigenvalue weighted by Gasteiger charge is -2.32. The second-order valence-electron chi connectivity index (χ2n) is 7.13. The van der Waals surface area contributed by atoms with Gasteiger partial charge in [0.15, 0.2) is 0 Å². The Morgan fingerprint density at radius 2 is 1.67 bits per heavy atom. The van der Waals surface area contributed by atoms with Gasteiger partial charge in [0.1, 0.15) is 5.82 Å². The summed E-state index contributed by atoms with van der Waals surface area (Å²) in [6.45, 7) is 4.75. The molecule has 5 rings (SSSR count). The zero-order valence-electron chi connectivity index (χ0n) is 15.3. The van der Waals surface area contributed by atoms with E-state index in [2.05, 4.69) is 64.4 Å². The molecule has 3 heterocycles. The normalized spacial score (nSPS) is 16.1. The Kier molecular flexibility index (Phi) is 5.58. The Bertz CT molecular complexity index is 940. The fourth-order valence-corrected chi connectivity index (χ4v) is 5.14. The smallest absolute Gasteiger partial charge is 0.147 e. The minimum atomic E-state index is 0. The molecule has 0 spiro atoms. The lowest BCUT2D eigenvalue weighted by atomic mass is 10.2. The second-order valence-corrected chi connectivity index (χ2v) is 8.21. The van der Waals surface area contributed by atoms with Crippen molar-refractivity contribution in [2.75, 3.05) is 31.1 Å². The summed E-state index contributed by atoms with van der Waals surface area (Å²) in [5.74, 6) is 1.12. The van der Waals surface area contributed by atoms with Gasteiger partial charge in [-0.1, -0.05) is 42.1 Å². The third kappa shape index (κ3) is 3.66. The van der Waals surface area contributed by atoms with Crippen LogP contribution in [0.25, 0.3) is 10.9 Å². The van der Waals surface area contributed by atoms with Gasteiger partial charge in [-0.05, 0) is 63.2 Å². The monoisotopic (exact) mass is 396 g/mol. The summed E-state index contributed by atoms with van der Waals surface area (Å²) >= 11 is 1.85. The van der Waals surface area contributed by atoms with Crippen molar-refractivity contribution in [3.8, 4) is 0 Å². The van der Waals surface area contributed by atoms with Gasteiger partial charge < -0.3 is 22.2 Å². The van der Waals surface area contributed by atoms with Crippen molar-refractivity contribution in [2.45, 2.75) is 29.1 Å². The number of benzene rings is 2. The van der Waals surface area contributed by atoms with E-state index in [0.29, 0.717) is 0 Å². The van der Waals surface area contributed by atoms with Crippen LogP contribution in [0.5, 0.6) is 0 Å². The minimum absolute atomic E-state index is 0. The van der Waals surface area contributed by atoms with Crippen LogP contribution in [0.1, 0.15) is 19.3 Å². The van der Waals surface area contributed by atoms with Crippen LogP contribution < -0.4 is 17.3 Å². The zero-order valence-corrected chi connectivity index (χ0v) is 16.8. The van der Waals surface area contributed by atoms with Crippen LogP contribution in [0.3, 0.4) is 0 Å². The first kappa shape index (κ1) is 18.6. The number of fused-ring (bicyclic) bond motifs is 3. The molecular weight excluding hydrogens is 374 g/mol. The van der Waals surface area contributed by atoms with Crippen LogP contribution in [0.4, 0.5) is 11.5 Å². The molecule has 5 heteroatoms. The van der Waals surface area contributed by atoms with E-state index in [4.69, 9.17) is 4.98 Å². The number of hydrogen-bond acceptors (Lipinski definition) is 4. The molecule has 0 radical (unpaired) electrons. The predicted octanol–water partition coefficient (Wildman–Crippen LogP) is 2.33. The largest absolute Gasteiger partial charge is 1.00 e. The van der Waals surface area contributed by atoms with E-state index in [1.165, 1.54) is 59.8 Å². The number of anilines is 2. The van der Waals surface area contributed by atoms with E-state index in [0.717, 1.165) is 17.9 Å². The van der Waals surface area contributed by atoms with E-state index in [-0.39, 0.29) is 12.4 Å². The number of para-hydroxylation sites is 2. The fourth-order valence-electron chi connectivity index (χ4n) is 4.04. The van der Waals surface area contributed by atoms with Gasteiger partial charge in [-0.15, -0.1) is 0 Å². The highest BCUT2D eigenvalue weighted by Crippen LogP contribution is 2.47. The van der Waals surface area contributed by atoms with Gasteiger partial charge in [0.05, 0.1) is 16.1 Å². The van der Waals surface area contributed by atoms with Crippen molar-refractivity contribution < 1.29 is 12.4 Å². The molecule has 27 heavy (non-hydrogen) atoms. The minimum Gasteiger partial charge on any atom is -1.00 e. The first-order valence-electron chi connectivity index (χ1n) is 9.55. The summed E-state index contributed by atoms with van der Waals surface area (Å²) in [6, 6.07) is 19.5. The summed E-state index contributed by atoms with van der Waals surface area (Å²) in [7, 11) is 0. The number of aromatic nitrogens is 1. The summed E-state index contributed by atoms with van der Waals surface area (Å²) in [5, 5.41) is 1.22. The molecule has 0 N–H and O–H groups in total. The maximum Gasteiger partial charge on any atom is 0.147 e. The van der Waals surface area contributed by atoms with Crippen molar-refractivity contribution in [3.63, 3.8) is 0 Å². The Balaban J connectivity index is 0.00000180. The maximum absolute atomic E-state index is 5.04. The van der Waals surface area contributed by atoms with E-state index >= 15 is 0 Å². The number of nitrogens with zero attached hydrogens (tertiary/aromatic N) is 3. The summed E-state index contributed by atoms with van der Waals surface area (Å²) in [6.07, 6.45) is 3.89. The number of halogens is 1. The molecule has 0 atom stereocenters. The van der Waals surface area contributed by atoms with Gasteiger partial charge in [-0.2, -0.15) is 0 Å². The number of rotatable bonds is 4. The molecule has 0 saturated carbocycles. The average Bonchev–Trinajstić information content (AvgIpc) is 3.19. The molecule has 0 bridgehead atoms. The quantitative estimate of drug-likeness (QED) is 0.673. The second kappa shape index (κ2) is 8.09. The standard InChI is InChI=1S/C22H23N3S.ClH/c1-2-9-18-17(8-1)16-21-22(23-18)25(15-7-14-24-12-5-6-13-24)19-10-3-4-11-20(19)26-21;/h1-4,8-11,16H,5-7,12-15H2;1H/p-1. The highest BCUT2D eigenvalue weighted by molar-refractivity contribution is 7.99. The number of likely N-dealkylation sites (tertiary alicyclic amines) is 1. The van der Waals surface area contributed by atoms with Crippen molar-refractivity contribution in [1.82, 2.24) is 9.88 Å². The van der Waals surface area contributed by atoms with Gasteiger partial charge in [0.25, 0.3) is 0 Å². The molecule has 1 saturated heterocycles. The number of hydrogen-bond donors (Lipinski definition) is 0. The van der Waals surface area contributed by atoms with Crippen LogP contribution in [0.15, 0.2) is 64.4 Å². The molecular formula is C22H23ClN3S-. The van der Waals surface area contributed by atoms with Crippen LogP contribution in [-0.4, -0.2) is 36.1 Å². The van der Waals surface area contributed by atoms with Gasteiger partial charge in [0, 0.05) is 16.8 Å². The predicted molar refractivity (Wildman–Crippen MR) is 110 cm³/mol. The van der Waals surface area contributed by atoms with Crippen molar-refractivity contribution in [1.29, 1.82) is 0 Å². The third-order valence-corrected chi connectivity index (χ3v) is 6.44. The Morgan fingerprint density at radius 3 is 2.56 bits per heavy atom. The SMILES string of the molecule is [Cl-].c1ccc2c(c1)Sc1cc3ccccc3nc1N2CCCN1CCCC1. The first-order valence-corrected chi connectivity index (χ1v) is 10.4. The Hall–Kier alpha value is -1.75. The van der Waals surface area contributed by atoms with E-state index < -0.39 is 0 Å².